The van der Waals surface area contributed by atoms with Gasteiger partial charge in [0.15, 0.2) is 0 Å². The number of aromatic nitrogens is 2. The largest absolute Gasteiger partial charge is 0.341 e. The molecule has 1 aromatic heterocycles. The molecule has 3 rings (SSSR count). The van der Waals surface area contributed by atoms with Gasteiger partial charge in [-0.05, 0) is 44.4 Å². The van der Waals surface area contributed by atoms with Crippen LogP contribution in [0.2, 0.25) is 5.02 Å². The standard InChI is InChI=1S/C17H19ClN4O/c1-11-5-6-13(9-15(11)18)21-16(23)14-10-19-17(20-12(14)2)22-7-3-4-8-22/h5-6,9-10H,3-4,7-8H2,1-2H3,(H,21,23). The summed E-state index contributed by atoms with van der Waals surface area (Å²) in [6.07, 6.45) is 3.93. The molecular formula is C17H19ClN4O. The smallest absolute Gasteiger partial charge is 0.259 e. The predicted molar refractivity (Wildman–Crippen MR) is 92.4 cm³/mol. The average molecular weight is 331 g/mol. The van der Waals surface area contributed by atoms with Gasteiger partial charge in [-0.15, -0.1) is 0 Å². The third-order valence-corrected chi connectivity index (χ3v) is 4.44. The van der Waals surface area contributed by atoms with Crippen molar-refractivity contribution in [3.63, 3.8) is 0 Å². The Morgan fingerprint density at radius 2 is 2.00 bits per heavy atom. The van der Waals surface area contributed by atoms with Gasteiger partial charge < -0.3 is 10.2 Å². The van der Waals surface area contributed by atoms with E-state index < -0.39 is 0 Å². The molecule has 1 aliphatic rings. The van der Waals surface area contributed by atoms with E-state index in [2.05, 4.69) is 20.2 Å². The first-order chi connectivity index (χ1) is 11.0. The molecule has 0 bridgehead atoms. The Morgan fingerprint density at radius 1 is 1.26 bits per heavy atom. The van der Waals surface area contributed by atoms with E-state index in [1.165, 1.54) is 12.8 Å². The molecule has 1 amide bonds. The fourth-order valence-corrected chi connectivity index (χ4v) is 2.80. The zero-order chi connectivity index (χ0) is 16.4. The van der Waals surface area contributed by atoms with Crippen LogP contribution in [0.1, 0.15) is 34.5 Å². The molecule has 0 unspecified atom stereocenters. The van der Waals surface area contributed by atoms with Crippen LogP contribution < -0.4 is 10.2 Å². The van der Waals surface area contributed by atoms with Crippen LogP contribution in [0.4, 0.5) is 11.6 Å². The zero-order valence-corrected chi connectivity index (χ0v) is 14.0. The molecular weight excluding hydrogens is 312 g/mol. The molecule has 1 aliphatic heterocycles. The number of amides is 1. The molecule has 6 heteroatoms. The van der Waals surface area contributed by atoms with E-state index in [1.807, 2.05) is 26.0 Å². The first kappa shape index (κ1) is 15.7. The fraction of sp³-hybridized carbons (Fsp3) is 0.353. The van der Waals surface area contributed by atoms with E-state index in [0.29, 0.717) is 27.9 Å². The number of nitrogens with zero attached hydrogens (tertiary/aromatic N) is 3. The van der Waals surface area contributed by atoms with Crippen molar-refractivity contribution in [3.8, 4) is 0 Å². The first-order valence-electron chi connectivity index (χ1n) is 7.70. The Morgan fingerprint density at radius 3 is 2.65 bits per heavy atom. The Labute approximate surface area is 140 Å². The van der Waals surface area contributed by atoms with E-state index in [1.54, 1.807) is 12.3 Å². The second-order valence-electron chi connectivity index (χ2n) is 5.78. The van der Waals surface area contributed by atoms with Crippen LogP contribution in [0.5, 0.6) is 0 Å². The summed E-state index contributed by atoms with van der Waals surface area (Å²) in [5.41, 5.74) is 2.79. The zero-order valence-electron chi connectivity index (χ0n) is 13.3. The van der Waals surface area contributed by atoms with Crippen molar-refractivity contribution in [1.82, 2.24) is 9.97 Å². The highest BCUT2D eigenvalue weighted by Gasteiger charge is 2.18. The molecule has 1 fully saturated rings. The molecule has 1 N–H and O–H groups in total. The molecule has 1 aromatic carbocycles. The van der Waals surface area contributed by atoms with Gasteiger partial charge >= 0.3 is 0 Å². The number of carbonyl (C=O) groups excluding carboxylic acids is 1. The van der Waals surface area contributed by atoms with Crippen molar-refractivity contribution in [2.45, 2.75) is 26.7 Å². The maximum atomic E-state index is 12.4. The first-order valence-corrected chi connectivity index (χ1v) is 8.08. The highest BCUT2D eigenvalue weighted by Crippen LogP contribution is 2.21. The Hall–Kier alpha value is -2.14. The van der Waals surface area contributed by atoms with Crippen molar-refractivity contribution >= 4 is 29.1 Å². The number of halogens is 1. The predicted octanol–water partition coefficient (Wildman–Crippen LogP) is 3.60. The van der Waals surface area contributed by atoms with Crippen molar-refractivity contribution in [2.75, 3.05) is 23.3 Å². The summed E-state index contributed by atoms with van der Waals surface area (Å²) in [7, 11) is 0. The number of rotatable bonds is 3. The van der Waals surface area contributed by atoms with Crippen LogP contribution in [0.15, 0.2) is 24.4 Å². The molecule has 0 atom stereocenters. The number of carbonyl (C=O) groups is 1. The lowest BCUT2D eigenvalue weighted by Gasteiger charge is -2.16. The van der Waals surface area contributed by atoms with Crippen molar-refractivity contribution < 1.29 is 4.79 Å². The highest BCUT2D eigenvalue weighted by molar-refractivity contribution is 6.31. The van der Waals surface area contributed by atoms with E-state index in [0.717, 1.165) is 18.7 Å². The molecule has 120 valence electrons. The topological polar surface area (TPSA) is 58.1 Å². The molecule has 2 heterocycles. The van der Waals surface area contributed by atoms with E-state index in [-0.39, 0.29) is 5.91 Å². The number of aryl methyl sites for hydroxylation is 2. The van der Waals surface area contributed by atoms with Crippen molar-refractivity contribution in [3.05, 3.63) is 46.2 Å². The van der Waals surface area contributed by atoms with Gasteiger partial charge in [0, 0.05) is 30.0 Å². The second-order valence-corrected chi connectivity index (χ2v) is 6.19. The third-order valence-electron chi connectivity index (χ3n) is 4.03. The Bertz CT molecular complexity index is 741. The van der Waals surface area contributed by atoms with E-state index in [4.69, 9.17) is 11.6 Å². The minimum atomic E-state index is -0.226. The molecule has 0 saturated carbocycles. The second kappa shape index (κ2) is 6.54. The Kier molecular flexibility index (Phi) is 4.48. The van der Waals surface area contributed by atoms with Crippen molar-refractivity contribution in [1.29, 1.82) is 0 Å². The number of anilines is 2. The normalized spacial score (nSPS) is 14.1. The number of benzene rings is 1. The van der Waals surface area contributed by atoms with Crippen LogP contribution in [-0.4, -0.2) is 29.0 Å². The lowest BCUT2D eigenvalue weighted by atomic mass is 10.2. The summed E-state index contributed by atoms with van der Waals surface area (Å²) in [5.74, 6) is 0.477. The molecule has 0 aliphatic carbocycles. The minimum absolute atomic E-state index is 0.226. The van der Waals surface area contributed by atoms with Gasteiger partial charge in [0.25, 0.3) is 5.91 Å². The van der Waals surface area contributed by atoms with Crippen molar-refractivity contribution in [2.24, 2.45) is 0 Å². The molecule has 2 aromatic rings. The lowest BCUT2D eigenvalue weighted by Crippen LogP contribution is -2.22. The monoisotopic (exact) mass is 330 g/mol. The Balaban J connectivity index is 1.77. The molecule has 5 nitrogen and oxygen atoms in total. The maximum Gasteiger partial charge on any atom is 0.259 e. The van der Waals surface area contributed by atoms with Crippen LogP contribution in [0.3, 0.4) is 0 Å². The SMILES string of the molecule is Cc1ccc(NC(=O)c2cnc(N3CCCC3)nc2C)cc1Cl. The van der Waals surface area contributed by atoms with Crippen LogP contribution in [0.25, 0.3) is 0 Å². The third kappa shape index (κ3) is 3.45. The lowest BCUT2D eigenvalue weighted by molar-refractivity contribution is 0.102. The maximum absolute atomic E-state index is 12.4. The number of nitrogens with one attached hydrogen (secondary N) is 1. The molecule has 0 radical (unpaired) electrons. The summed E-state index contributed by atoms with van der Waals surface area (Å²) < 4.78 is 0. The molecule has 1 saturated heterocycles. The van der Waals surface area contributed by atoms with Gasteiger partial charge in [0.2, 0.25) is 5.95 Å². The fourth-order valence-electron chi connectivity index (χ4n) is 2.62. The van der Waals surface area contributed by atoms with Crippen LogP contribution >= 0.6 is 11.6 Å². The van der Waals surface area contributed by atoms with E-state index in [9.17, 15) is 4.79 Å². The summed E-state index contributed by atoms with van der Waals surface area (Å²) in [4.78, 5) is 23.4. The summed E-state index contributed by atoms with van der Waals surface area (Å²) in [5, 5.41) is 3.46. The van der Waals surface area contributed by atoms with Gasteiger partial charge in [-0.3, -0.25) is 4.79 Å². The van der Waals surface area contributed by atoms with Gasteiger partial charge in [-0.2, -0.15) is 0 Å². The highest BCUT2D eigenvalue weighted by atomic mass is 35.5. The minimum Gasteiger partial charge on any atom is -0.341 e. The van der Waals surface area contributed by atoms with E-state index >= 15 is 0 Å². The summed E-state index contributed by atoms with van der Waals surface area (Å²) >= 11 is 6.09. The van der Waals surface area contributed by atoms with Crippen LogP contribution in [-0.2, 0) is 0 Å². The number of hydrogen-bond acceptors (Lipinski definition) is 4. The molecule has 23 heavy (non-hydrogen) atoms. The van der Waals surface area contributed by atoms with Gasteiger partial charge in [-0.25, -0.2) is 9.97 Å². The summed E-state index contributed by atoms with van der Waals surface area (Å²) in [6, 6.07) is 5.44. The van der Waals surface area contributed by atoms with Crippen LogP contribution in [0, 0.1) is 13.8 Å². The average Bonchev–Trinajstić information content (AvgIpc) is 3.05. The van der Waals surface area contributed by atoms with Gasteiger partial charge in [0.05, 0.1) is 11.3 Å². The molecule has 0 spiro atoms. The number of hydrogen-bond donors (Lipinski definition) is 1. The van der Waals surface area contributed by atoms with Gasteiger partial charge in [-0.1, -0.05) is 17.7 Å². The quantitative estimate of drug-likeness (QED) is 0.934. The summed E-state index contributed by atoms with van der Waals surface area (Å²) in [6.45, 7) is 5.71. The van der Waals surface area contributed by atoms with Gasteiger partial charge in [0.1, 0.15) is 0 Å².